The predicted octanol–water partition coefficient (Wildman–Crippen LogP) is 2.96. The normalized spacial score (nSPS) is 12.2. The van der Waals surface area contributed by atoms with E-state index in [0.29, 0.717) is 24.4 Å². The van der Waals surface area contributed by atoms with Crippen LogP contribution in [0.1, 0.15) is 46.5 Å². The molecular formula is C11H20O3. The first-order valence-corrected chi connectivity index (χ1v) is 5.19. The van der Waals surface area contributed by atoms with Crippen LogP contribution in [-0.4, -0.2) is 17.7 Å². The minimum atomic E-state index is -0.891. The molecule has 0 saturated heterocycles. The number of unbranched alkanes of at least 4 members (excludes halogenated alkanes) is 2. The second-order valence-corrected chi connectivity index (χ2v) is 3.26. The average Bonchev–Trinajstić information content (AvgIpc) is 2.17. The van der Waals surface area contributed by atoms with Crippen LogP contribution in [0, 0.1) is 0 Å². The average molecular weight is 200 g/mol. The fourth-order valence-electron chi connectivity index (χ4n) is 1.14. The van der Waals surface area contributed by atoms with E-state index in [0.717, 1.165) is 19.3 Å². The summed E-state index contributed by atoms with van der Waals surface area (Å²) in [5, 5.41) is 8.75. The van der Waals surface area contributed by atoms with Crippen LogP contribution in [0.15, 0.2) is 11.3 Å². The predicted molar refractivity (Wildman–Crippen MR) is 56.1 cm³/mol. The first kappa shape index (κ1) is 13.0. The maximum absolute atomic E-state index is 10.7. The number of rotatable bonds is 7. The molecule has 0 saturated carbocycles. The van der Waals surface area contributed by atoms with Gasteiger partial charge < -0.3 is 9.84 Å². The van der Waals surface area contributed by atoms with Crippen molar-refractivity contribution in [1.29, 1.82) is 0 Å². The molecule has 0 aliphatic heterocycles. The summed E-state index contributed by atoms with van der Waals surface area (Å²) >= 11 is 0. The molecule has 3 heteroatoms. The summed E-state index contributed by atoms with van der Waals surface area (Å²) in [5.74, 6) is -0.286. The van der Waals surface area contributed by atoms with Crippen molar-refractivity contribution < 1.29 is 14.6 Å². The van der Waals surface area contributed by atoms with Crippen LogP contribution >= 0.6 is 0 Å². The minimum Gasteiger partial charge on any atom is -0.497 e. The monoisotopic (exact) mass is 200 g/mol. The Balaban J connectivity index is 4.02. The standard InChI is InChI=1S/C11H20O3/c1-4-6-7-8-14-10(5-2)9(3)11(12)13/h4-8H2,1-3H3,(H,12,13)/b10-9+. The van der Waals surface area contributed by atoms with Crippen LogP contribution in [0.25, 0.3) is 0 Å². The molecule has 0 spiro atoms. The van der Waals surface area contributed by atoms with Gasteiger partial charge in [0.2, 0.25) is 0 Å². The zero-order chi connectivity index (χ0) is 11.0. The summed E-state index contributed by atoms with van der Waals surface area (Å²) in [6.45, 7) is 6.24. The topological polar surface area (TPSA) is 46.5 Å². The van der Waals surface area contributed by atoms with E-state index < -0.39 is 5.97 Å². The number of ether oxygens (including phenoxy) is 1. The molecule has 0 amide bonds. The summed E-state index contributed by atoms with van der Waals surface area (Å²) in [5.41, 5.74) is 0.323. The molecule has 1 N–H and O–H groups in total. The van der Waals surface area contributed by atoms with Gasteiger partial charge in [0.05, 0.1) is 12.2 Å². The van der Waals surface area contributed by atoms with Crippen molar-refractivity contribution in [2.45, 2.75) is 46.5 Å². The molecule has 0 aliphatic carbocycles. The lowest BCUT2D eigenvalue weighted by atomic mass is 10.2. The van der Waals surface area contributed by atoms with Crippen LogP contribution in [0.5, 0.6) is 0 Å². The van der Waals surface area contributed by atoms with E-state index in [1.807, 2.05) is 6.92 Å². The lowest BCUT2D eigenvalue weighted by Gasteiger charge is -2.10. The molecule has 0 bridgehead atoms. The van der Waals surface area contributed by atoms with Gasteiger partial charge in [-0.15, -0.1) is 0 Å². The summed E-state index contributed by atoms with van der Waals surface area (Å²) in [4.78, 5) is 10.7. The molecule has 0 aliphatic rings. The number of hydrogen-bond donors (Lipinski definition) is 1. The molecule has 0 aromatic carbocycles. The van der Waals surface area contributed by atoms with E-state index in [1.54, 1.807) is 6.92 Å². The highest BCUT2D eigenvalue weighted by molar-refractivity contribution is 5.86. The van der Waals surface area contributed by atoms with Crippen molar-refractivity contribution in [3.8, 4) is 0 Å². The minimum absolute atomic E-state index is 0.323. The fraction of sp³-hybridized carbons (Fsp3) is 0.727. The van der Waals surface area contributed by atoms with Gasteiger partial charge in [-0.25, -0.2) is 4.79 Å². The van der Waals surface area contributed by atoms with E-state index in [1.165, 1.54) is 0 Å². The third kappa shape index (κ3) is 4.90. The van der Waals surface area contributed by atoms with Crippen molar-refractivity contribution >= 4 is 5.97 Å². The van der Waals surface area contributed by atoms with Crippen LogP contribution in [0.2, 0.25) is 0 Å². The Morgan fingerprint density at radius 2 is 1.93 bits per heavy atom. The number of allylic oxidation sites excluding steroid dienone is 1. The lowest BCUT2D eigenvalue weighted by Crippen LogP contribution is -2.04. The smallest absolute Gasteiger partial charge is 0.334 e. The molecule has 82 valence electrons. The summed E-state index contributed by atoms with van der Waals surface area (Å²) < 4.78 is 5.42. The summed E-state index contributed by atoms with van der Waals surface area (Å²) in [6.07, 6.45) is 3.91. The van der Waals surface area contributed by atoms with E-state index in [9.17, 15) is 4.79 Å². The second kappa shape index (κ2) is 7.42. The van der Waals surface area contributed by atoms with E-state index in [2.05, 4.69) is 6.92 Å². The maximum Gasteiger partial charge on any atom is 0.334 e. The third-order valence-corrected chi connectivity index (χ3v) is 2.08. The van der Waals surface area contributed by atoms with Gasteiger partial charge >= 0.3 is 5.97 Å². The van der Waals surface area contributed by atoms with Gasteiger partial charge in [0, 0.05) is 6.42 Å². The number of aliphatic carboxylic acids is 1. The summed E-state index contributed by atoms with van der Waals surface area (Å²) in [7, 11) is 0. The third-order valence-electron chi connectivity index (χ3n) is 2.08. The highest BCUT2D eigenvalue weighted by Gasteiger charge is 2.08. The van der Waals surface area contributed by atoms with Gasteiger partial charge in [0.1, 0.15) is 5.76 Å². The van der Waals surface area contributed by atoms with Crippen LogP contribution in [-0.2, 0) is 9.53 Å². The molecule has 0 rings (SSSR count). The van der Waals surface area contributed by atoms with Crippen molar-refractivity contribution in [2.75, 3.05) is 6.61 Å². The molecule has 0 fully saturated rings. The first-order chi connectivity index (χ1) is 6.63. The van der Waals surface area contributed by atoms with Gasteiger partial charge in [-0.1, -0.05) is 26.7 Å². The Morgan fingerprint density at radius 3 is 2.36 bits per heavy atom. The number of hydrogen-bond acceptors (Lipinski definition) is 2. The van der Waals surface area contributed by atoms with E-state index >= 15 is 0 Å². The molecular weight excluding hydrogens is 180 g/mol. The molecule has 14 heavy (non-hydrogen) atoms. The van der Waals surface area contributed by atoms with E-state index in [-0.39, 0.29) is 0 Å². The van der Waals surface area contributed by atoms with Crippen LogP contribution in [0.4, 0.5) is 0 Å². The highest BCUT2D eigenvalue weighted by atomic mass is 16.5. The van der Waals surface area contributed by atoms with Gasteiger partial charge in [0.15, 0.2) is 0 Å². The van der Waals surface area contributed by atoms with Gasteiger partial charge in [-0.2, -0.15) is 0 Å². The van der Waals surface area contributed by atoms with Crippen molar-refractivity contribution in [3.63, 3.8) is 0 Å². The van der Waals surface area contributed by atoms with E-state index in [4.69, 9.17) is 9.84 Å². The second-order valence-electron chi connectivity index (χ2n) is 3.26. The van der Waals surface area contributed by atoms with Crippen molar-refractivity contribution in [3.05, 3.63) is 11.3 Å². The Morgan fingerprint density at radius 1 is 1.29 bits per heavy atom. The number of carboxylic acids is 1. The maximum atomic E-state index is 10.7. The van der Waals surface area contributed by atoms with Gasteiger partial charge in [-0.05, 0) is 13.3 Å². The molecule has 0 aromatic rings. The van der Waals surface area contributed by atoms with Gasteiger partial charge in [0.25, 0.3) is 0 Å². The zero-order valence-electron chi connectivity index (χ0n) is 9.30. The highest BCUT2D eigenvalue weighted by Crippen LogP contribution is 2.11. The van der Waals surface area contributed by atoms with Crippen molar-refractivity contribution in [1.82, 2.24) is 0 Å². The molecule has 0 atom stereocenters. The number of carboxylic acid groups (broad SMARTS) is 1. The number of carbonyl (C=O) groups is 1. The lowest BCUT2D eigenvalue weighted by molar-refractivity contribution is -0.132. The largest absolute Gasteiger partial charge is 0.497 e. The van der Waals surface area contributed by atoms with Crippen LogP contribution < -0.4 is 0 Å². The van der Waals surface area contributed by atoms with Crippen molar-refractivity contribution in [2.24, 2.45) is 0 Å². The quantitative estimate of drug-likeness (QED) is 0.390. The Labute approximate surface area is 85.8 Å². The van der Waals surface area contributed by atoms with Gasteiger partial charge in [-0.3, -0.25) is 0 Å². The molecule has 3 nitrogen and oxygen atoms in total. The Kier molecular flexibility index (Phi) is 6.89. The zero-order valence-corrected chi connectivity index (χ0v) is 9.30. The molecule has 0 heterocycles. The molecule has 0 radical (unpaired) electrons. The molecule has 0 aromatic heterocycles. The Hall–Kier alpha value is -0.990. The van der Waals surface area contributed by atoms with Crippen LogP contribution in [0.3, 0.4) is 0 Å². The summed E-state index contributed by atoms with van der Waals surface area (Å²) in [6, 6.07) is 0. The fourth-order valence-corrected chi connectivity index (χ4v) is 1.14. The molecule has 0 unspecified atom stereocenters. The SMILES string of the molecule is CCCCCO/C(CC)=C(\C)C(=O)O. The first-order valence-electron chi connectivity index (χ1n) is 5.19. The Bertz CT molecular complexity index is 207.